The lowest BCUT2D eigenvalue weighted by Gasteiger charge is -2.40. The van der Waals surface area contributed by atoms with Gasteiger partial charge in [0.1, 0.15) is 13.2 Å². The molecule has 1 aliphatic rings. The molecule has 1 aromatic rings. The Kier molecular flexibility index (Phi) is 6.81. The molecule has 1 fully saturated rings. The van der Waals surface area contributed by atoms with Crippen LogP contribution in [0.5, 0.6) is 0 Å². The first kappa shape index (κ1) is 20.4. The molecule has 0 N–H and O–H groups in total. The fourth-order valence-corrected chi connectivity index (χ4v) is 3.63. The molecule has 0 aromatic heterocycles. The number of carbonyl (C=O) groups is 2. The average molecular weight is 362 g/mol. The van der Waals surface area contributed by atoms with Crippen molar-refractivity contribution in [2.75, 3.05) is 19.8 Å². The Hall–Kier alpha value is -1.88. The summed E-state index contributed by atoms with van der Waals surface area (Å²) in [6.45, 7) is 9.06. The molecular formula is C21H30O5. The van der Waals surface area contributed by atoms with E-state index in [1.807, 2.05) is 30.3 Å². The Balaban J connectivity index is 1.91. The summed E-state index contributed by atoms with van der Waals surface area (Å²) in [6.07, 6.45) is 1.62. The van der Waals surface area contributed by atoms with Gasteiger partial charge in [-0.1, -0.05) is 51.1 Å². The van der Waals surface area contributed by atoms with E-state index in [0.29, 0.717) is 19.8 Å². The molecular weight excluding hydrogens is 332 g/mol. The van der Waals surface area contributed by atoms with Gasteiger partial charge in [-0.05, 0) is 36.2 Å². The van der Waals surface area contributed by atoms with Crippen LogP contribution >= 0.6 is 0 Å². The van der Waals surface area contributed by atoms with Gasteiger partial charge in [-0.3, -0.25) is 4.79 Å². The molecule has 2 atom stereocenters. The van der Waals surface area contributed by atoms with Crippen molar-refractivity contribution in [3.8, 4) is 0 Å². The minimum Gasteiger partial charge on any atom is -0.464 e. The number of benzene rings is 1. The number of esters is 2. The van der Waals surface area contributed by atoms with Crippen molar-refractivity contribution in [2.24, 2.45) is 16.7 Å². The fraction of sp³-hybridized carbons (Fsp3) is 0.619. The second-order valence-electron chi connectivity index (χ2n) is 7.76. The van der Waals surface area contributed by atoms with E-state index in [2.05, 4.69) is 20.8 Å². The minimum absolute atomic E-state index is 0.0529. The summed E-state index contributed by atoms with van der Waals surface area (Å²) < 4.78 is 16.0. The van der Waals surface area contributed by atoms with E-state index in [1.165, 1.54) is 0 Å². The SMILES string of the molecule is CCOC(=O)COC[C@]1(C)CC[C@H](C(=O)OCc2ccccc2)C1(C)C. The van der Waals surface area contributed by atoms with Crippen molar-refractivity contribution in [3.63, 3.8) is 0 Å². The highest BCUT2D eigenvalue weighted by atomic mass is 16.6. The Labute approximate surface area is 156 Å². The molecule has 5 nitrogen and oxygen atoms in total. The molecule has 0 radical (unpaired) electrons. The van der Waals surface area contributed by atoms with Crippen LogP contribution in [0, 0.1) is 16.7 Å². The van der Waals surface area contributed by atoms with Crippen molar-refractivity contribution in [1.82, 2.24) is 0 Å². The van der Waals surface area contributed by atoms with Crippen LogP contribution in [-0.2, 0) is 30.4 Å². The van der Waals surface area contributed by atoms with Gasteiger partial charge >= 0.3 is 11.9 Å². The zero-order valence-corrected chi connectivity index (χ0v) is 16.2. The third kappa shape index (κ3) is 4.64. The zero-order valence-electron chi connectivity index (χ0n) is 16.2. The van der Waals surface area contributed by atoms with Crippen molar-refractivity contribution < 1.29 is 23.8 Å². The van der Waals surface area contributed by atoms with E-state index in [0.717, 1.165) is 18.4 Å². The number of rotatable bonds is 8. The third-order valence-corrected chi connectivity index (χ3v) is 5.87. The van der Waals surface area contributed by atoms with Crippen molar-refractivity contribution in [1.29, 1.82) is 0 Å². The fourth-order valence-electron chi connectivity index (χ4n) is 3.63. The molecule has 26 heavy (non-hydrogen) atoms. The van der Waals surface area contributed by atoms with E-state index in [9.17, 15) is 9.59 Å². The summed E-state index contributed by atoms with van der Waals surface area (Å²) in [5.74, 6) is -0.693. The van der Waals surface area contributed by atoms with Gasteiger partial charge < -0.3 is 14.2 Å². The van der Waals surface area contributed by atoms with Crippen LogP contribution in [0.2, 0.25) is 0 Å². The lowest BCUT2D eigenvalue weighted by atomic mass is 9.66. The molecule has 0 aliphatic heterocycles. The Bertz CT molecular complexity index is 610. The normalized spacial score (nSPS) is 24.2. The van der Waals surface area contributed by atoms with Gasteiger partial charge in [-0.2, -0.15) is 0 Å². The van der Waals surface area contributed by atoms with E-state index in [1.54, 1.807) is 6.92 Å². The first-order valence-electron chi connectivity index (χ1n) is 9.24. The highest BCUT2D eigenvalue weighted by Gasteiger charge is 2.54. The van der Waals surface area contributed by atoms with Crippen molar-refractivity contribution in [3.05, 3.63) is 35.9 Å². The summed E-state index contributed by atoms with van der Waals surface area (Å²) in [5.41, 5.74) is 0.503. The Morgan fingerprint density at radius 2 is 1.81 bits per heavy atom. The highest BCUT2D eigenvalue weighted by molar-refractivity contribution is 5.74. The third-order valence-electron chi connectivity index (χ3n) is 5.87. The molecule has 0 saturated heterocycles. The van der Waals surface area contributed by atoms with Crippen molar-refractivity contribution >= 4 is 11.9 Å². The summed E-state index contributed by atoms with van der Waals surface area (Å²) in [7, 11) is 0. The second-order valence-corrected chi connectivity index (χ2v) is 7.76. The number of ether oxygens (including phenoxy) is 3. The average Bonchev–Trinajstić information content (AvgIpc) is 2.84. The largest absolute Gasteiger partial charge is 0.464 e. The van der Waals surface area contributed by atoms with Crippen LogP contribution in [0.1, 0.15) is 46.1 Å². The van der Waals surface area contributed by atoms with Crippen LogP contribution in [0.4, 0.5) is 0 Å². The topological polar surface area (TPSA) is 61.8 Å². The highest BCUT2D eigenvalue weighted by Crippen LogP contribution is 2.56. The lowest BCUT2D eigenvalue weighted by Crippen LogP contribution is -2.41. The molecule has 5 heteroatoms. The zero-order chi connectivity index (χ0) is 19.2. The first-order chi connectivity index (χ1) is 12.3. The number of carbonyl (C=O) groups excluding carboxylic acids is 2. The summed E-state index contributed by atoms with van der Waals surface area (Å²) in [5, 5.41) is 0. The molecule has 0 spiro atoms. The van der Waals surface area contributed by atoms with Crippen LogP contribution in [-0.4, -0.2) is 31.8 Å². The summed E-state index contributed by atoms with van der Waals surface area (Å²) in [6, 6.07) is 9.69. The van der Waals surface area contributed by atoms with Crippen LogP contribution < -0.4 is 0 Å². The van der Waals surface area contributed by atoms with Gasteiger partial charge in [0.05, 0.1) is 19.1 Å². The maximum atomic E-state index is 12.7. The number of hydrogen-bond acceptors (Lipinski definition) is 5. The van der Waals surface area contributed by atoms with Crippen LogP contribution in [0.3, 0.4) is 0 Å². The predicted octanol–water partition coefficient (Wildman–Crippen LogP) is 3.75. The van der Waals surface area contributed by atoms with Gasteiger partial charge in [0.2, 0.25) is 0 Å². The quantitative estimate of drug-likeness (QED) is 0.659. The number of hydrogen-bond donors (Lipinski definition) is 0. The van der Waals surface area contributed by atoms with Crippen molar-refractivity contribution in [2.45, 2.75) is 47.1 Å². The van der Waals surface area contributed by atoms with Crippen LogP contribution in [0.25, 0.3) is 0 Å². The Morgan fingerprint density at radius 3 is 2.46 bits per heavy atom. The smallest absolute Gasteiger partial charge is 0.332 e. The minimum atomic E-state index is -0.356. The van der Waals surface area contributed by atoms with E-state index >= 15 is 0 Å². The maximum absolute atomic E-state index is 12.7. The molecule has 0 amide bonds. The van der Waals surface area contributed by atoms with Gasteiger partial charge in [0.15, 0.2) is 0 Å². The Morgan fingerprint density at radius 1 is 1.12 bits per heavy atom. The summed E-state index contributed by atoms with van der Waals surface area (Å²) >= 11 is 0. The van der Waals surface area contributed by atoms with Gasteiger partial charge in [-0.15, -0.1) is 0 Å². The van der Waals surface area contributed by atoms with E-state index in [-0.39, 0.29) is 35.3 Å². The molecule has 1 aromatic carbocycles. The second kappa shape index (κ2) is 8.67. The monoisotopic (exact) mass is 362 g/mol. The molecule has 0 bridgehead atoms. The van der Waals surface area contributed by atoms with E-state index < -0.39 is 0 Å². The molecule has 1 aliphatic carbocycles. The molecule has 1 saturated carbocycles. The summed E-state index contributed by atoms with van der Waals surface area (Å²) in [4.78, 5) is 24.1. The molecule has 2 rings (SSSR count). The standard InChI is InChI=1S/C21H30O5/c1-5-25-18(22)14-24-15-21(4)12-11-17(20(21,2)3)19(23)26-13-16-9-7-6-8-10-16/h6-10,17H,5,11-15H2,1-4H3/t17-,21+/m1/s1. The molecule has 0 heterocycles. The lowest BCUT2D eigenvalue weighted by molar-refractivity contribution is -0.157. The predicted molar refractivity (Wildman–Crippen MR) is 98.3 cm³/mol. The first-order valence-corrected chi connectivity index (χ1v) is 9.24. The van der Waals surface area contributed by atoms with Gasteiger partial charge in [0.25, 0.3) is 0 Å². The molecule has 144 valence electrons. The van der Waals surface area contributed by atoms with Crippen LogP contribution in [0.15, 0.2) is 30.3 Å². The van der Waals surface area contributed by atoms with E-state index in [4.69, 9.17) is 14.2 Å². The van der Waals surface area contributed by atoms with Gasteiger partial charge in [-0.25, -0.2) is 4.79 Å². The maximum Gasteiger partial charge on any atom is 0.332 e. The van der Waals surface area contributed by atoms with Gasteiger partial charge in [0, 0.05) is 0 Å². The molecule has 0 unspecified atom stereocenters.